The minimum Gasteiger partial charge on any atom is -0.368 e. The number of anilines is 3. The van der Waals surface area contributed by atoms with E-state index in [1.165, 1.54) is 24.1 Å². The molecule has 0 bridgehead atoms. The molecule has 1 aliphatic rings. The zero-order valence-corrected chi connectivity index (χ0v) is 18.1. The third kappa shape index (κ3) is 4.49. The first kappa shape index (κ1) is 20.4. The van der Waals surface area contributed by atoms with Gasteiger partial charge in [0, 0.05) is 36.9 Å². The Labute approximate surface area is 181 Å². The smallest absolute Gasteiger partial charge is 0.262 e. The van der Waals surface area contributed by atoms with Gasteiger partial charge in [0.05, 0.1) is 23.0 Å². The lowest BCUT2D eigenvalue weighted by atomic mass is 10.2. The van der Waals surface area contributed by atoms with E-state index in [0.717, 1.165) is 26.2 Å². The van der Waals surface area contributed by atoms with Crippen LogP contribution in [0.2, 0.25) is 5.02 Å². The summed E-state index contributed by atoms with van der Waals surface area (Å²) in [7, 11) is -3.78. The lowest BCUT2D eigenvalue weighted by molar-refractivity contribution is 0.600. The highest BCUT2D eigenvalue weighted by Gasteiger charge is 2.21. The van der Waals surface area contributed by atoms with Crippen LogP contribution in [0.25, 0.3) is 0 Å². The molecule has 1 saturated heterocycles. The fourth-order valence-corrected chi connectivity index (χ4v) is 4.95. The lowest BCUT2D eigenvalue weighted by Gasteiger charge is -2.36. The second-order valence-electron chi connectivity index (χ2n) is 7.10. The number of sulfonamides is 1. The summed E-state index contributed by atoms with van der Waals surface area (Å²) in [6.45, 7) is 5.05. The molecule has 0 aliphatic carbocycles. The topological polar surface area (TPSA) is 78.4 Å². The van der Waals surface area contributed by atoms with Gasteiger partial charge in [0.1, 0.15) is 0 Å². The summed E-state index contributed by atoms with van der Waals surface area (Å²) in [5.41, 5.74) is 2.13. The van der Waals surface area contributed by atoms with E-state index in [4.69, 9.17) is 11.6 Å². The third-order valence-corrected chi connectivity index (χ3v) is 6.77. The van der Waals surface area contributed by atoms with Crippen LogP contribution in [0.5, 0.6) is 0 Å². The fraction of sp³-hybridized carbons (Fsp3) is 0.238. The molecule has 0 spiro atoms. The standard InChI is InChI=1S/C21H22ClN5O2S/c1-16-7-8-17(22)13-20(16)30(28,29)25-18-14-23-21(24-15-18)27-11-9-26(10-12-27)19-5-3-2-4-6-19/h2-8,13-15,25H,9-12H2,1H3. The number of nitrogens with zero attached hydrogens (tertiary/aromatic N) is 4. The molecule has 30 heavy (non-hydrogen) atoms. The lowest BCUT2D eigenvalue weighted by Crippen LogP contribution is -2.47. The van der Waals surface area contributed by atoms with Gasteiger partial charge in [-0.1, -0.05) is 35.9 Å². The second-order valence-corrected chi connectivity index (χ2v) is 9.18. The predicted molar refractivity (Wildman–Crippen MR) is 120 cm³/mol. The molecule has 0 atom stereocenters. The Morgan fingerprint density at radius 1 is 0.933 bits per heavy atom. The minimum atomic E-state index is -3.78. The maximum Gasteiger partial charge on any atom is 0.262 e. The molecule has 3 aromatic rings. The van der Waals surface area contributed by atoms with Gasteiger partial charge in [-0.25, -0.2) is 18.4 Å². The average molecular weight is 444 g/mol. The average Bonchev–Trinajstić information content (AvgIpc) is 2.76. The van der Waals surface area contributed by atoms with E-state index in [2.05, 4.69) is 36.6 Å². The number of para-hydroxylation sites is 1. The molecule has 1 aromatic heterocycles. The number of aryl methyl sites for hydroxylation is 1. The largest absolute Gasteiger partial charge is 0.368 e. The second kappa shape index (κ2) is 8.49. The summed E-state index contributed by atoms with van der Waals surface area (Å²) in [6, 6.07) is 15.1. The molecule has 1 N–H and O–H groups in total. The van der Waals surface area contributed by atoms with Crippen molar-refractivity contribution in [2.45, 2.75) is 11.8 Å². The zero-order chi connectivity index (χ0) is 21.1. The number of benzene rings is 2. The summed E-state index contributed by atoms with van der Waals surface area (Å²) in [5, 5.41) is 0.363. The number of nitrogens with one attached hydrogen (secondary N) is 1. The molecule has 0 amide bonds. The maximum absolute atomic E-state index is 12.7. The van der Waals surface area contributed by atoms with Gasteiger partial charge in [-0.05, 0) is 36.8 Å². The number of hydrogen-bond donors (Lipinski definition) is 1. The van der Waals surface area contributed by atoms with Crippen LogP contribution < -0.4 is 14.5 Å². The number of aromatic nitrogens is 2. The highest BCUT2D eigenvalue weighted by molar-refractivity contribution is 7.92. The maximum atomic E-state index is 12.7. The Balaban J connectivity index is 1.42. The van der Waals surface area contributed by atoms with E-state index in [1.54, 1.807) is 19.1 Å². The summed E-state index contributed by atoms with van der Waals surface area (Å²) in [4.78, 5) is 13.3. The van der Waals surface area contributed by atoms with Crippen molar-refractivity contribution in [3.8, 4) is 0 Å². The first-order valence-electron chi connectivity index (χ1n) is 9.58. The van der Waals surface area contributed by atoms with Crippen LogP contribution in [-0.2, 0) is 10.0 Å². The summed E-state index contributed by atoms with van der Waals surface area (Å²) in [6.07, 6.45) is 2.98. The Kier molecular flexibility index (Phi) is 5.78. The molecule has 0 saturated carbocycles. The van der Waals surface area contributed by atoms with Crippen molar-refractivity contribution in [1.29, 1.82) is 0 Å². The molecule has 9 heteroatoms. The van der Waals surface area contributed by atoms with E-state index in [-0.39, 0.29) is 4.90 Å². The van der Waals surface area contributed by atoms with Gasteiger partial charge in [-0.15, -0.1) is 0 Å². The van der Waals surface area contributed by atoms with Gasteiger partial charge in [0.2, 0.25) is 5.95 Å². The van der Waals surface area contributed by atoms with Crippen LogP contribution >= 0.6 is 11.6 Å². The van der Waals surface area contributed by atoms with Gasteiger partial charge in [0.15, 0.2) is 0 Å². The molecule has 7 nitrogen and oxygen atoms in total. The Hall–Kier alpha value is -2.84. The van der Waals surface area contributed by atoms with E-state index < -0.39 is 10.0 Å². The molecular formula is C21H22ClN5O2S. The van der Waals surface area contributed by atoms with Gasteiger partial charge in [-0.3, -0.25) is 4.72 Å². The number of rotatable bonds is 5. The summed E-state index contributed by atoms with van der Waals surface area (Å²) >= 11 is 5.96. The molecular weight excluding hydrogens is 422 g/mol. The number of hydrogen-bond acceptors (Lipinski definition) is 6. The molecule has 0 radical (unpaired) electrons. The predicted octanol–water partition coefficient (Wildman–Crippen LogP) is 3.57. The van der Waals surface area contributed by atoms with Crippen molar-refractivity contribution in [3.05, 3.63) is 71.5 Å². The quantitative estimate of drug-likeness (QED) is 0.649. The van der Waals surface area contributed by atoms with Crippen LogP contribution in [0.15, 0.2) is 65.8 Å². The van der Waals surface area contributed by atoms with Crippen LogP contribution in [0, 0.1) is 6.92 Å². The minimum absolute atomic E-state index is 0.135. The van der Waals surface area contributed by atoms with E-state index in [1.807, 2.05) is 18.2 Å². The first-order chi connectivity index (χ1) is 14.4. The van der Waals surface area contributed by atoms with Crippen molar-refractivity contribution in [2.24, 2.45) is 0 Å². The number of piperazine rings is 1. The molecule has 2 heterocycles. The molecule has 1 aliphatic heterocycles. The van der Waals surface area contributed by atoms with Gasteiger partial charge < -0.3 is 9.80 Å². The van der Waals surface area contributed by atoms with Crippen molar-refractivity contribution in [3.63, 3.8) is 0 Å². The van der Waals surface area contributed by atoms with Gasteiger partial charge in [-0.2, -0.15) is 0 Å². The monoisotopic (exact) mass is 443 g/mol. The molecule has 2 aromatic carbocycles. The zero-order valence-electron chi connectivity index (χ0n) is 16.5. The van der Waals surface area contributed by atoms with Gasteiger partial charge in [0.25, 0.3) is 10.0 Å². The first-order valence-corrected chi connectivity index (χ1v) is 11.4. The highest BCUT2D eigenvalue weighted by atomic mass is 35.5. The Bertz CT molecular complexity index is 1120. The van der Waals surface area contributed by atoms with E-state index in [9.17, 15) is 8.42 Å². The van der Waals surface area contributed by atoms with Crippen molar-refractivity contribution in [1.82, 2.24) is 9.97 Å². The van der Waals surface area contributed by atoms with Crippen LogP contribution in [0.1, 0.15) is 5.56 Å². The van der Waals surface area contributed by atoms with Gasteiger partial charge >= 0.3 is 0 Å². The van der Waals surface area contributed by atoms with Crippen LogP contribution in [0.4, 0.5) is 17.3 Å². The van der Waals surface area contributed by atoms with E-state index in [0.29, 0.717) is 22.2 Å². The van der Waals surface area contributed by atoms with Crippen LogP contribution in [0.3, 0.4) is 0 Å². The Morgan fingerprint density at radius 2 is 1.57 bits per heavy atom. The highest BCUT2D eigenvalue weighted by Crippen LogP contribution is 2.23. The van der Waals surface area contributed by atoms with Crippen molar-refractivity contribution < 1.29 is 8.42 Å². The summed E-state index contributed by atoms with van der Waals surface area (Å²) < 4.78 is 27.9. The van der Waals surface area contributed by atoms with Crippen molar-refractivity contribution >= 4 is 38.9 Å². The van der Waals surface area contributed by atoms with E-state index >= 15 is 0 Å². The molecule has 1 fully saturated rings. The normalized spacial score (nSPS) is 14.6. The molecule has 4 rings (SSSR count). The number of halogens is 1. The SMILES string of the molecule is Cc1ccc(Cl)cc1S(=O)(=O)Nc1cnc(N2CCN(c3ccccc3)CC2)nc1. The van der Waals surface area contributed by atoms with Crippen molar-refractivity contribution in [2.75, 3.05) is 40.7 Å². The summed E-state index contributed by atoms with van der Waals surface area (Å²) in [5.74, 6) is 0.588. The third-order valence-electron chi connectivity index (χ3n) is 5.01. The Morgan fingerprint density at radius 3 is 2.23 bits per heavy atom. The molecule has 156 valence electrons. The molecule has 0 unspecified atom stereocenters. The van der Waals surface area contributed by atoms with Crippen LogP contribution in [-0.4, -0.2) is 44.6 Å². The fourth-order valence-electron chi connectivity index (χ4n) is 3.41.